The molecule has 2 nitrogen and oxygen atoms in total. The largest absolute Gasteiger partial charge is 0.448 e. The standard InChI is InChI=1S/C22H27F3O2/c1-7-26-21(22(23,24)25)17(13-14-19(2,3)4)18(20(5,6)27-21)15-16-11-9-8-10-12-16/h8-12H,7,15H2,1-6H3. The van der Waals surface area contributed by atoms with Gasteiger partial charge in [0.15, 0.2) is 0 Å². The summed E-state index contributed by atoms with van der Waals surface area (Å²) in [5.41, 5.74) is -0.352. The fourth-order valence-corrected chi connectivity index (χ4v) is 3.07. The molecule has 27 heavy (non-hydrogen) atoms. The molecule has 1 aliphatic heterocycles. The third-order valence-electron chi connectivity index (χ3n) is 4.26. The summed E-state index contributed by atoms with van der Waals surface area (Å²) in [7, 11) is 0. The first-order valence-electron chi connectivity index (χ1n) is 9.04. The zero-order valence-electron chi connectivity index (χ0n) is 16.8. The Morgan fingerprint density at radius 2 is 1.67 bits per heavy atom. The van der Waals surface area contributed by atoms with Crippen molar-refractivity contribution in [2.24, 2.45) is 5.41 Å². The van der Waals surface area contributed by atoms with E-state index in [2.05, 4.69) is 11.8 Å². The quantitative estimate of drug-likeness (QED) is 0.626. The summed E-state index contributed by atoms with van der Waals surface area (Å²) in [4.78, 5) is 0. The van der Waals surface area contributed by atoms with Gasteiger partial charge >= 0.3 is 12.0 Å². The maximum Gasteiger partial charge on any atom is 0.448 e. The molecule has 1 unspecified atom stereocenters. The van der Waals surface area contributed by atoms with Gasteiger partial charge in [0.05, 0.1) is 11.2 Å². The highest BCUT2D eigenvalue weighted by atomic mass is 19.4. The molecule has 0 aliphatic carbocycles. The zero-order valence-corrected chi connectivity index (χ0v) is 16.8. The fraction of sp³-hybridized carbons (Fsp3) is 0.545. The second-order valence-corrected chi connectivity index (χ2v) is 8.18. The normalized spacial score (nSPS) is 22.6. The summed E-state index contributed by atoms with van der Waals surface area (Å²) >= 11 is 0. The van der Waals surface area contributed by atoms with Crippen molar-refractivity contribution in [1.82, 2.24) is 0 Å². The summed E-state index contributed by atoms with van der Waals surface area (Å²) in [6, 6.07) is 9.35. The molecule has 0 saturated heterocycles. The van der Waals surface area contributed by atoms with E-state index < -0.39 is 23.0 Å². The van der Waals surface area contributed by atoms with Crippen molar-refractivity contribution < 1.29 is 22.6 Å². The number of benzene rings is 1. The van der Waals surface area contributed by atoms with Gasteiger partial charge in [-0.1, -0.05) is 42.2 Å². The molecule has 0 radical (unpaired) electrons. The number of halogens is 3. The van der Waals surface area contributed by atoms with Crippen molar-refractivity contribution in [3.8, 4) is 11.8 Å². The average molecular weight is 380 g/mol. The molecule has 148 valence electrons. The molecule has 1 aliphatic rings. The Balaban J connectivity index is 2.73. The van der Waals surface area contributed by atoms with E-state index in [1.165, 1.54) is 6.92 Å². The number of ether oxygens (including phenoxy) is 2. The molecule has 1 heterocycles. The smallest absolute Gasteiger partial charge is 0.339 e. The number of alkyl halides is 3. The predicted octanol–water partition coefficient (Wildman–Crippen LogP) is 5.68. The molecule has 0 amide bonds. The monoisotopic (exact) mass is 380 g/mol. The van der Waals surface area contributed by atoms with Crippen LogP contribution < -0.4 is 0 Å². The maximum atomic E-state index is 14.2. The van der Waals surface area contributed by atoms with Gasteiger partial charge in [0.1, 0.15) is 0 Å². The summed E-state index contributed by atoms with van der Waals surface area (Å²) in [6.07, 6.45) is -4.44. The molecular formula is C22H27F3O2. The van der Waals surface area contributed by atoms with Gasteiger partial charge in [-0.3, -0.25) is 0 Å². The first kappa shape index (κ1) is 21.5. The van der Waals surface area contributed by atoms with Crippen LogP contribution in [0.5, 0.6) is 0 Å². The molecule has 0 saturated carbocycles. The van der Waals surface area contributed by atoms with E-state index in [1.807, 2.05) is 51.1 Å². The Labute approximate surface area is 159 Å². The molecule has 1 atom stereocenters. The van der Waals surface area contributed by atoms with Gasteiger partial charge in [0, 0.05) is 12.0 Å². The molecule has 0 aromatic heterocycles. The van der Waals surface area contributed by atoms with Crippen LogP contribution in [0.1, 0.15) is 47.1 Å². The molecule has 0 spiro atoms. The summed E-state index contributed by atoms with van der Waals surface area (Å²) in [6.45, 7) is 10.2. The van der Waals surface area contributed by atoms with Gasteiger partial charge in [-0.05, 0) is 59.1 Å². The maximum absolute atomic E-state index is 14.2. The van der Waals surface area contributed by atoms with Gasteiger partial charge in [-0.15, -0.1) is 0 Å². The first-order chi connectivity index (χ1) is 12.3. The molecule has 0 bridgehead atoms. The third kappa shape index (κ3) is 4.56. The SMILES string of the molecule is CCOC1(C(F)(F)F)OC(C)(C)C(Cc2ccccc2)=C1C#CC(C)(C)C. The van der Waals surface area contributed by atoms with Crippen LogP contribution in [0.4, 0.5) is 13.2 Å². The van der Waals surface area contributed by atoms with E-state index in [-0.39, 0.29) is 12.2 Å². The van der Waals surface area contributed by atoms with E-state index in [0.29, 0.717) is 12.0 Å². The van der Waals surface area contributed by atoms with E-state index >= 15 is 0 Å². The number of rotatable bonds is 4. The highest BCUT2D eigenvalue weighted by molar-refractivity contribution is 5.49. The van der Waals surface area contributed by atoms with Crippen LogP contribution in [-0.4, -0.2) is 24.2 Å². The highest BCUT2D eigenvalue weighted by Gasteiger charge is 2.67. The van der Waals surface area contributed by atoms with Crippen LogP contribution in [0.25, 0.3) is 0 Å². The van der Waals surface area contributed by atoms with Gasteiger partial charge in [-0.25, -0.2) is 0 Å². The zero-order chi connectivity index (χ0) is 20.5. The topological polar surface area (TPSA) is 18.5 Å². The molecule has 0 fully saturated rings. The predicted molar refractivity (Wildman–Crippen MR) is 100.0 cm³/mol. The van der Waals surface area contributed by atoms with Crippen molar-refractivity contribution >= 4 is 0 Å². The van der Waals surface area contributed by atoms with Crippen molar-refractivity contribution in [2.75, 3.05) is 6.61 Å². The Hall–Kier alpha value is -1.77. The third-order valence-corrected chi connectivity index (χ3v) is 4.26. The minimum atomic E-state index is -4.75. The van der Waals surface area contributed by atoms with E-state index in [9.17, 15) is 13.2 Å². The van der Waals surface area contributed by atoms with Crippen molar-refractivity contribution in [2.45, 2.75) is 65.5 Å². The highest BCUT2D eigenvalue weighted by Crippen LogP contribution is 2.52. The Morgan fingerprint density at radius 3 is 2.15 bits per heavy atom. The van der Waals surface area contributed by atoms with Crippen LogP contribution in [-0.2, 0) is 15.9 Å². The summed E-state index contributed by atoms with van der Waals surface area (Å²) < 4.78 is 53.3. The van der Waals surface area contributed by atoms with Crippen LogP contribution in [0.3, 0.4) is 0 Å². The van der Waals surface area contributed by atoms with Crippen molar-refractivity contribution in [1.29, 1.82) is 0 Å². The lowest BCUT2D eigenvalue weighted by molar-refractivity contribution is -0.368. The Bertz CT molecular complexity index is 759. The molecule has 5 heteroatoms. The fourth-order valence-electron chi connectivity index (χ4n) is 3.07. The lowest BCUT2D eigenvalue weighted by atomic mass is 9.87. The first-order valence-corrected chi connectivity index (χ1v) is 9.04. The minimum Gasteiger partial charge on any atom is -0.339 e. The van der Waals surface area contributed by atoms with Gasteiger partial charge in [-0.2, -0.15) is 13.2 Å². The summed E-state index contributed by atoms with van der Waals surface area (Å²) in [5, 5.41) is 0. The summed E-state index contributed by atoms with van der Waals surface area (Å²) in [5.74, 6) is 2.88. The number of hydrogen-bond acceptors (Lipinski definition) is 2. The van der Waals surface area contributed by atoms with E-state index in [1.54, 1.807) is 13.8 Å². The van der Waals surface area contributed by atoms with E-state index in [4.69, 9.17) is 9.47 Å². The van der Waals surface area contributed by atoms with Gasteiger partial charge in [0.2, 0.25) is 0 Å². The lowest BCUT2D eigenvalue weighted by Crippen LogP contribution is -2.51. The van der Waals surface area contributed by atoms with Crippen LogP contribution in [0.15, 0.2) is 41.5 Å². The lowest BCUT2D eigenvalue weighted by Gasteiger charge is -2.34. The molecule has 1 aromatic carbocycles. The van der Waals surface area contributed by atoms with Crippen molar-refractivity contribution in [3.63, 3.8) is 0 Å². The van der Waals surface area contributed by atoms with Crippen LogP contribution in [0, 0.1) is 17.3 Å². The number of hydrogen-bond donors (Lipinski definition) is 0. The van der Waals surface area contributed by atoms with Crippen molar-refractivity contribution in [3.05, 3.63) is 47.0 Å². The second kappa shape index (κ2) is 7.33. The van der Waals surface area contributed by atoms with Crippen LogP contribution in [0.2, 0.25) is 0 Å². The minimum absolute atomic E-state index is 0.124. The molecule has 2 rings (SSSR count). The second-order valence-electron chi connectivity index (χ2n) is 8.18. The average Bonchev–Trinajstić information content (AvgIpc) is 2.74. The van der Waals surface area contributed by atoms with E-state index in [0.717, 1.165) is 5.56 Å². The Kier molecular flexibility index (Phi) is 5.85. The Morgan fingerprint density at radius 1 is 1.07 bits per heavy atom. The van der Waals surface area contributed by atoms with Gasteiger partial charge in [0.25, 0.3) is 0 Å². The van der Waals surface area contributed by atoms with Gasteiger partial charge < -0.3 is 9.47 Å². The molecule has 1 aromatic rings. The molecular weight excluding hydrogens is 353 g/mol. The van der Waals surface area contributed by atoms with Crippen LogP contribution >= 0.6 is 0 Å². The molecule has 0 N–H and O–H groups in total.